The van der Waals surface area contributed by atoms with E-state index in [0.717, 1.165) is 5.56 Å². The maximum atomic E-state index is 12.2. The van der Waals surface area contributed by atoms with Gasteiger partial charge in [0.2, 0.25) is 0 Å². The zero-order valence-corrected chi connectivity index (χ0v) is 12.5. The number of carboxylic acids is 1. The third-order valence-corrected chi connectivity index (χ3v) is 3.53. The molecular formula is C17H14N2O5. The Balaban J connectivity index is 1.66. The maximum absolute atomic E-state index is 12.2. The Morgan fingerprint density at radius 1 is 1.12 bits per heavy atom. The average molecular weight is 326 g/mol. The molecular weight excluding hydrogens is 312 g/mol. The van der Waals surface area contributed by atoms with Crippen molar-refractivity contribution in [2.75, 3.05) is 11.9 Å². The first-order valence-electron chi connectivity index (χ1n) is 7.20. The van der Waals surface area contributed by atoms with Crippen LogP contribution in [0, 0.1) is 0 Å². The van der Waals surface area contributed by atoms with Crippen LogP contribution in [-0.4, -0.2) is 29.5 Å². The van der Waals surface area contributed by atoms with E-state index in [-0.39, 0.29) is 30.5 Å². The van der Waals surface area contributed by atoms with Crippen LogP contribution in [0.3, 0.4) is 0 Å². The van der Waals surface area contributed by atoms with Crippen molar-refractivity contribution in [2.24, 2.45) is 0 Å². The normalized spacial score (nSPS) is 12.6. The Morgan fingerprint density at radius 2 is 1.83 bits per heavy atom. The monoisotopic (exact) mass is 326 g/mol. The summed E-state index contributed by atoms with van der Waals surface area (Å²) in [5.74, 6) is -1.04. The summed E-state index contributed by atoms with van der Waals surface area (Å²) in [6.45, 7) is 0.226. The van der Waals surface area contributed by atoms with Gasteiger partial charge in [0, 0.05) is 12.1 Å². The predicted octanol–water partition coefficient (Wildman–Crippen LogP) is 1.65. The summed E-state index contributed by atoms with van der Waals surface area (Å²) in [5, 5.41) is 14.2. The Kier molecular flexibility index (Phi) is 4.15. The molecule has 2 aromatic rings. The molecule has 0 saturated carbocycles. The van der Waals surface area contributed by atoms with E-state index in [0.29, 0.717) is 17.0 Å². The first kappa shape index (κ1) is 15.5. The van der Waals surface area contributed by atoms with E-state index < -0.39 is 5.97 Å². The van der Waals surface area contributed by atoms with Gasteiger partial charge in [-0.25, -0.2) is 4.79 Å². The van der Waals surface area contributed by atoms with Gasteiger partial charge in [0.25, 0.3) is 11.8 Å². The van der Waals surface area contributed by atoms with Crippen LogP contribution in [-0.2, 0) is 11.3 Å². The van der Waals surface area contributed by atoms with E-state index >= 15 is 0 Å². The number of ether oxygens (including phenoxy) is 1. The van der Waals surface area contributed by atoms with E-state index in [1.54, 1.807) is 30.3 Å². The van der Waals surface area contributed by atoms with Crippen LogP contribution in [0.25, 0.3) is 0 Å². The first-order valence-corrected chi connectivity index (χ1v) is 7.20. The van der Waals surface area contributed by atoms with E-state index in [4.69, 9.17) is 9.84 Å². The number of hydrogen-bond acceptors (Lipinski definition) is 4. The Hall–Kier alpha value is -3.35. The van der Waals surface area contributed by atoms with Crippen molar-refractivity contribution in [3.8, 4) is 5.75 Å². The fraction of sp³-hybridized carbons (Fsp3) is 0.118. The lowest BCUT2D eigenvalue weighted by atomic mass is 10.1. The maximum Gasteiger partial charge on any atom is 0.335 e. The van der Waals surface area contributed by atoms with Crippen LogP contribution in [0.15, 0.2) is 42.5 Å². The number of aromatic carboxylic acids is 1. The van der Waals surface area contributed by atoms with Crippen molar-refractivity contribution in [2.45, 2.75) is 6.54 Å². The minimum absolute atomic E-state index is 0.0368. The standard InChI is InChI=1S/C17H14N2O5/c20-15-9-24-14-6-5-12(7-13(14)19-15)16(21)18-8-10-1-3-11(4-2-10)17(22)23/h1-7H,8-9H2,(H,18,21)(H,19,20)(H,22,23). The molecule has 0 bridgehead atoms. The van der Waals surface area contributed by atoms with Crippen LogP contribution in [0.1, 0.15) is 26.3 Å². The highest BCUT2D eigenvalue weighted by molar-refractivity contribution is 5.99. The van der Waals surface area contributed by atoms with Gasteiger partial charge in [0.05, 0.1) is 11.3 Å². The molecule has 1 aliphatic heterocycles. The minimum Gasteiger partial charge on any atom is -0.482 e. The lowest BCUT2D eigenvalue weighted by molar-refractivity contribution is -0.118. The van der Waals surface area contributed by atoms with Crippen LogP contribution in [0.4, 0.5) is 5.69 Å². The van der Waals surface area contributed by atoms with Gasteiger partial charge in [0.1, 0.15) is 5.75 Å². The van der Waals surface area contributed by atoms with Gasteiger partial charge in [0.15, 0.2) is 6.61 Å². The SMILES string of the molecule is O=C1COc2ccc(C(=O)NCc3ccc(C(=O)O)cc3)cc2N1. The second kappa shape index (κ2) is 6.41. The van der Waals surface area contributed by atoms with Crippen LogP contribution in [0.2, 0.25) is 0 Å². The van der Waals surface area contributed by atoms with Gasteiger partial charge in [-0.3, -0.25) is 9.59 Å². The number of anilines is 1. The molecule has 7 nitrogen and oxygen atoms in total. The highest BCUT2D eigenvalue weighted by Gasteiger charge is 2.17. The van der Waals surface area contributed by atoms with Crippen molar-refractivity contribution >= 4 is 23.5 Å². The molecule has 24 heavy (non-hydrogen) atoms. The van der Waals surface area contributed by atoms with Gasteiger partial charge in [-0.05, 0) is 35.9 Å². The van der Waals surface area contributed by atoms with Crippen LogP contribution in [0.5, 0.6) is 5.75 Å². The molecule has 0 fully saturated rings. The lowest BCUT2D eigenvalue weighted by Crippen LogP contribution is -2.27. The molecule has 2 aromatic carbocycles. The zero-order chi connectivity index (χ0) is 17.1. The summed E-state index contributed by atoms with van der Waals surface area (Å²) in [5.41, 5.74) is 1.82. The quantitative estimate of drug-likeness (QED) is 0.792. The largest absolute Gasteiger partial charge is 0.482 e. The molecule has 0 aromatic heterocycles. The van der Waals surface area contributed by atoms with Crippen molar-refractivity contribution in [1.82, 2.24) is 5.32 Å². The number of fused-ring (bicyclic) bond motifs is 1. The molecule has 1 aliphatic rings. The highest BCUT2D eigenvalue weighted by atomic mass is 16.5. The van der Waals surface area contributed by atoms with Gasteiger partial charge in [-0.2, -0.15) is 0 Å². The molecule has 1 heterocycles. The summed E-state index contributed by atoms with van der Waals surface area (Å²) in [6.07, 6.45) is 0. The summed E-state index contributed by atoms with van der Waals surface area (Å²) in [7, 11) is 0. The number of carbonyl (C=O) groups excluding carboxylic acids is 2. The fourth-order valence-electron chi connectivity index (χ4n) is 2.27. The van der Waals surface area contributed by atoms with E-state index in [2.05, 4.69) is 10.6 Å². The number of hydrogen-bond donors (Lipinski definition) is 3. The summed E-state index contributed by atoms with van der Waals surface area (Å²) < 4.78 is 5.24. The number of benzene rings is 2. The van der Waals surface area contributed by atoms with Crippen LogP contribution >= 0.6 is 0 Å². The van der Waals surface area contributed by atoms with Crippen molar-refractivity contribution < 1.29 is 24.2 Å². The number of amides is 2. The first-order chi connectivity index (χ1) is 11.5. The topological polar surface area (TPSA) is 105 Å². The average Bonchev–Trinajstić information content (AvgIpc) is 2.59. The fourth-order valence-corrected chi connectivity index (χ4v) is 2.27. The molecule has 0 spiro atoms. The highest BCUT2D eigenvalue weighted by Crippen LogP contribution is 2.28. The van der Waals surface area contributed by atoms with Gasteiger partial charge in [-0.15, -0.1) is 0 Å². The molecule has 0 aliphatic carbocycles. The summed E-state index contributed by atoms with van der Waals surface area (Å²) in [4.78, 5) is 34.3. The molecule has 0 unspecified atom stereocenters. The second-order valence-electron chi connectivity index (χ2n) is 5.23. The Bertz CT molecular complexity index is 814. The number of carboxylic acid groups (broad SMARTS) is 1. The molecule has 3 rings (SSSR count). The summed E-state index contributed by atoms with van der Waals surface area (Å²) >= 11 is 0. The molecule has 0 radical (unpaired) electrons. The third-order valence-electron chi connectivity index (χ3n) is 3.53. The van der Waals surface area contributed by atoms with Crippen molar-refractivity contribution in [3.63, 3.8) is 0 Å². The van der Waals surface area contributed by atoms with Gasteiger partial charge < -0.3 is 20.5 Å². The molecule has 3 N–H and O–H groups in total. The minimum atomic E-state index is -0.996. The third kappa shape index (κ3) is 3.35. The Morgan fingerprint density at radius 3 is 2.54 bits per heavy atom. The molecule has 0 saturated heterocycles. The molecule has 2 amide bonds. The van der Waals surface area contributed by atoms with Crippen LogP contribution < -0.4 is 15.4 Å². The molecule has 7 heteroatoms. The van der Waals surface area contributed by atoms with Crippen molar-refractivity contribution in [3.05, 3.63) is 59.2 Å². The smallest absolute Gasteiger partial charge is 0.335 e. The molecule has 122 valence electrons. The van der Waals surface area contributed by atoms with E-state index in [1.165, 1.54) is 12.1 Å². The number of rotatable bonds is 4. The Labute approximate surface area is 137 Å². The van der Waals surface area contributed by atoms with Gasteiger partial charge >= 0.3 is 5.97 Å². The van der Waals surface area contributed by atoms with E-state index in [9.17, 15) is 14.4 Å². The number of carbonyl (C=O) groups is 3. The summed E-state index contributed by atoms with van der Waals surface area (Å²) in [6, 6.07) is 11.0. The van der Waals surface area contributed by atoms with Gasteiger partial charge in [-0.1, -0.05) is 12.1 Å². The lowest BCUT2D eigenvalue weighted by Gasteiger charge is -2.18. The second-order valence-corrected chi connectivity index (χ2v) is 5.23. The molecule has 0 atom stereocenters. The van der Waals surface area contributed by atoms with Crippen molar-refractivity contribution in [1.29, 1.82) is 0 Å². The van der Waals surface area contributed by atoms with E-state index in [1.807, 2.05) is 0 Å². The predicted molar refractivity (Wildman–Crippen MR) is 85.1 cm³/mol. The zero-order valence-electron chi connectivity index (χ0n) is 12.5. The number of nitrogens with one attached hydrogen (secondary N) is 2.